The van der Waals surface area contributed by atoms with E-state index in [2.05, 4.69) is 6.92 Å². The Kier molecular flexibility index (Phi) is 3.90. The molecule has 98 valence electrons. The maximum Gasteiger partial charge on any atom is 0.171 e. The zero-order valence-corrected chi connectivity index (χ0v) is 11.3. The van der Waals surface area contributed by atoms with E-state index < -0.39 is 0 Å². The van der Waals surface area contributed by atoms with Crippen molar-refractivity contribution in [2.24, 2.45) is 0 Å². The first-order chi connectivity index (χ1) is 8.72. The van der Waals surface area contributed by atoms with Crippen LogP contribution in [0.2, 0.25) is 0 Å². The Labute approximate surface area is 108 Å². The fourth-order valence-electron chi connectivity index (χ4n) is 2.71. The van der Waals surface area contributed by atoms with Crippen molar-refractivity contribution >= 4 is 5.78 Å². The number of fused-ring (bicyclic) bond motifs is 1. The van der Waals surface area contributed by atoms with E-state index in [-0.39, 0.29) is 5.78 Å². The highest BCUT2D eigenvalue weighted by Gasteiger charge is 2.33. The first-order valence-corrected chi connectivity index (χ1v) is 6.51. The molecular formula is C15H20O3. The number of unbranched alkanes of at least 4 members (excludes halogenated alkanes) is 1. The van der Waals surface area contributed by atoms with Crippen LogP contribution < -0.4 is 9.47 Å². The summed E-state index contributed by atoms with van der Waals surface area (Å²) >= 11 is 0. The quantitative estimate of drug-likeness (QED) is 0.799. The predicted molar refractivity (Wildman–Crippen MR) is 70.8 cm³/mol. The van der Waals surface area contributed by atoms with Gasteiger partial charge in [0.05, 0.1) is 19.8 Å². The van der Waals surface area contributed by atoms with Crippen LogP contribution in [-0.2, 0) is 0 Å². The van der Waals surface area contributed by atoms with Gasteiger partial charge >= 0.3 is 0 Å². The molecule has 0 aliphatic heterocycles. The molecule has 1 aromatic rings. The smallest absolute Gasteiger partial charge is 0.171 e. The van der Waals surface area contributed by atoms with Crippen LogP contribution in [-0.4, -0.2) is 20.0 Å². The molecule has 0 fully saturated rings. The molecule has 3 heteroatoms. The van der Waals surface area contributed by atoms with Crippen LogP contribution in [0.1, 0.15) is 54.4 Å². The lowest BCUT2D eigenvalue weighted by Gasteiger charge is -2.13. The Hall–Kier alpha value is -1.51. The van der Waals surface area contributed by atoms with E-state index in [4.69, 9.17) is 9.47 Å². The summed E-state index contributed by atoms with van der Waals surface area (Å²) in [6.07, 6.45) is 4.00. The Bertz CT molecular complexity index is 451. The van der Waals surface area contributed by atoms with Crippen LogP contribution >= 0.6 is 0 Å². The number of hydrogen-bond acceptors (Lipinski definition) is 3. The number of benzene rings is 1. The summed E-state index contributed by atoms with van der Waals surface area (Å²) in [5, 5.41) is 0. The summed E-state index contributed by atoms with van der Waals surface area (Å²) in [4.78, 5) is 12.2. The van der Waals surface area contributed by atoms with Gasteiger partial charge < -0.3 is 9.47 Å². The average molecular weight is 248 g/mol. The number of hydrogen-bond donors (Lipinski definition) is 0. The number of methoxy groups -OCH3 is 2. The van der Waals surface area contributed by atoms with Crippen molar-refractivity contribution in [2.45, 2.75) is 38.5 Å². The summed E-state index contributed by atoms with van der Waals surface area (Å²) in [5.74, 6) is 1.77. The van der Waals surface area contributed by atoms with Crippen molar-refractivity contribution in [3.05, 3.63) is 23.3 Å². The van der Waals surface area contributed by atoms with E-state index in [1.807, 2.05) is 12.1 Å². The van der Waals surface area contributed by atoms with E-state index in [1.165, 1.54) is 0 Å². The molecule has 0 bridgehead atoms. The number of rotatable bonds is 5. The molecule has 0 heterocycles. The van der Waals surface area contributed by atoms with Crippen molar-refractivity contribution in [3.8, 4) is 11.5 Å². The summed E-state index contributed by atoms with van der Waals surface area (Å²) in [6, 6.07) is 3.91. The highest BCUT2D eigenvalue weighted by Crippen LogP contribution is 2.44. The van der Waals surface area contributed by atoms with Gasteiger partial charge in [-0.25, -0.2) is 0 Å². The van der Waals surface area contributed by atoms with E-state index in [0.29, 0.717) is 23.8 Å². The van der Waals surface area contributed by atoms with Gasteiger partial charge in [-0.1, -0.05) is 25.8 Å². The standard InChI is InChI=1S/C15H20O3/c1-4-5-6-10-9-12(16)14-11(10)7-8-13(17-2)15(14)18-3/h7-8,10H,4-6,9H2,1-3H3. The molecule has 0 radical (unpaired) electrons. The number of ether oxygens (including phenoxy) is 2. The van der Waals surface area contributed by atoms with Gasteiger partial charge in [0, 0.05) is 6.42 Å². The SMILES string of the molecule is CCCCC1CC(=O)c2c1ccc(OC)c2OC. The monoisotopic (exact) mass is 248 g/mol. The molecule has 0 aromatic heterocycles. The zero-order chi connectivity index (χ0) is 13.1. The maximum atomic E-state index is 12.2. The van der Waals surface area contributed by atoms with Crippen molar-refractivity contribution in [2.75, 3.05) is 14.2 Å². The first kappa shape index (κ1) is 12.9. The Morgan fingerprint density at radius 2 is 2.06 bits per heavy atom. The second-order valence-electron chi connectivity index (χ2n) is 4.73. The molecule has 1 unspecified atom stereocenters. The molecular weight excluding hydrogens is 228 g/mol. The van der Waals surface area contributed by atoms with Crippen molar-refractivity contribution in [3.63, 3.8) is 0 Å². The zero-order valence-electron chi connectivity index (χ0n) is 11.3. The highest BCUT2D eigenvalue weighted by atomic mass is 16.5. The van der Waals surface area contributed by atoms with E-state index >= 15 is 0 Å². The van der Waals surface area contributed by atoms with Crippen LogP contribution in [0.4, 0.5) is 0 Å². The second-order valence-corrected chi connectivity index (χ2v) is 4.73. The fraction of sp³-hybridized carbons (Fsp3) is 0.533. The number of carbonyl (C=O) groups is 1. The summed E-state index contributed by atoms with van der Waals surface area (Å²) in [5.41, 5.74) is 1.86. The molecule has 18 heavy (non-hydrogen) atoms. The molecule has 1 aliphatic carbocycles. The minimum atomic E-state index is 0.182. The van der Waals surface area contributed by atoms with Crippen LogP contribution in [0.15, 0.2) is 12.1 Å². The Morgan fingerprint density at radius 1 is 1.28 bits per heavy atom. The van der Waals surface area contributed by atoms with Gasteiger partial charge in [0.15, 0.2) is 17.3 Å². The first-order valence-electron chi connectivity index (χ1n) is 6.51. The topological polar surface area (TPSA) is 35.5 Å². The summed E-state index contributed by atoms with van der Waals surface area (Å²) in [7, 11) is 3.18. The second kappa shape index (κ2) is 5.42. The van der Waals surface area contributed by atoms with Crippen LogP contribution in [0.3, 0.4) is 0 Å². The molecule has 0 N–H and O–H groups in total. The normalized spacial score (nSPS) is 17.7. The molecule has 1 aliphatic rings. The Balaban J connectivity index is 2.41. The number of Topliss-reactive ketones (excluding diaryl/α,β-unsaturated/α-hetero) is 1. The lowest BCUT2D eigenvalue weighted by Crippen LogP contribution is -1.99. The van der Waals surface area contributed by atoms with E-state index in [9.17, 15) is 4.79 Å². The van der Waals surface area contributed by atoms with Gasteiger partial charge in [-0.2, -0.15) is 0 Å². The lowest BCUT2D eigenvalue weighted by molar-refractivity contribution is 0.0985. The van der Waals surface area contributed by atoms with Gasteiger partial charge in [0.25, 0.3) is 0 Å². The minimum Gasteiger partial charge on any atom is -0.493 e. The average Bonchev–Trinajstić information content (AvgIpc) is 2.72. The third-order valence-electron chi connectivity index (χ3n) is 3.63. The number of ketones is 1. The lowest BCUT2D eigenvalue weighted by atomic mass is 9.95. The summed E-state index contributed by atoms with van der Waals surface area (Å²) in [6.45, 7) is 2.17. The maximum absolute atomic E-state index is 12.2. The predicted octanol–water partition coefficient (Wildman–Crippen LogP) is 3.56. The molecule has 0 spiro atoms. The molecule has 1 atom stereocenters. The minimum absolute atomic E-state index is 0.182. The largest absolute Gasteiger partial charge is 0.493 e. The molecule has 0 amide bonds. The van der Waals surface area contributed by atoms with Crippen molar-refractivity contribution in [1.29, 1.82) is 0 Å². The highest BCUT2D eigenvalue weighted by molar-refractivity contribution is 6.04. The third kappa shape index (κ3) is 2.09. The van der Waals surface area contributed by atoms with Gasteiger partial charge in [0.1, 0.15) is 0 Å². The van der Waals surface area contributed by atoms with Crippen molar-refractivity contribution < 1.29 is 14.3 Å². The molecule has 0 saturated carbocycles. The fourth-order valence-corrected chi connectivity index (χ4v) is 2.71. The van der Waals surface area contributed by atoms with Crippen molar-refractivity contribution in [1.82, 2.24) is 0 Å². The number of carbonyl (C=O) groups excluding carboxylic acids is 1. The van der Waals surface area contributed by atoms with Gasteiger partial charge in [-0.3, -0.25) is 4.79 Å². The van der Waals surface area contributed by atoms with E-state index in [0.717, 1.165) is 30.4 Å². The van der Waals surface area contributed by atoms with Gasteiger partial charge in [-0.05, 0) is 24.0 Å². The Morgan fingerprint density at radius 3 is 2.67 bits per heavy atom. The van der Waals surface area contributed by atoms with Gasteiger partial charge in [0.2, 0.25) is 0 Å². The molecule has 3 nitrogen and oxygen atoms in total. The molecule has 2 rings (SSSR count). The molecule has 0 saturated heterocycles. The third-order valence-corrected chi connectivity index (χ3v) is 3.63. The van der Waals surface area contributed by atoms with Crippen LogP contribution in [0.25, 0.3) is 0 Å². The summed E-state index contributed by atoms with van der Waals surface area (Å²) < 4.78 is 10.6. The molecule has 1 aromatic carbocycles. The van der Waals surface area contributed by atoms with Crippen LogP contribution in [0, 0.1) is 0 Å². The van der Waals surface area contributed by atoms with E-state index in [1.54, 1.807) is 14.2 Å². The van der Waals surface area contributed by atoms with Gasteiger partial charge in [-0.15, -0.1) is 0 Å². The van der Waals surface area contributed by atoms with Crippen LogP contribution in [0.5, 0.6) is 11.5 Å².